The summed E-state index contributed by atoms with van der Waals surface area (Å²) < 4.78 is 0. The number of hydrogen-bond donors (Lipinski definition) is 3. The molecule has 0 heterocycles. The minimum absolute atomic E-state index is 0.154. The average molecular weight is 214 g/mol. The van der Waals surface area contributed by atoms with Crippen LogP contribution in [-0.2, 0) is 14.4 Å². The van der Waals surface area contributed by atoms with E-state index in [2.05, 4.69) is 10.6 Å². The SMILES string of the molecule is CC(=O)NCCNC(=O)[C@@H]1C[C@@H]1C(=O)O. The zero-order chi connectivity index (χ0) is 11.4. The first-order valence-electron chi connectivity index (χ1n) is 4.77. The summed E-state index contributed by atoms with van der Waals surface area (Å²) >= 11 is 0. The van der Waals surface area contributed by atoms with Crippen molar-refractivity contribution in [1.29, 1.82) is 0 Å². The zero-order valence-electron chi connectivity index (χ0n) is 8.45. The van der Waals surface area contributed by atoms with Crippen LogP contribution >= 0.6 is 0 Å². The lowest BCUT2D eigenvalue weighted by molar-refractivity contribution is -0.140. The molecule has 0 unspecified atom stereocenters. The molecule has 0 aromatic heterocycles. The van der Waals surface area contributed by atoms with Crippen molar-refractivity contribution in [1.82, 2.24) is 10.6 Å². The van der Waals surface area contributed by atoms with Crippen molar-refractivity contribution in [3.63, 3.8) is 0 Å². The minimum Gasteiger partial charge on any atom is -0.481 e. The molecule has 0 radical (unpaired) electrons. The van der Waals surface area contributed by atoms with Gasteiger partial charge in [0.25, 0.3) is 0 Å². The Kier molecular flexibility index (Phi) is 3.65. The van der Waals surface area contributed by atoms with Crippen LogP contribution in [0.5, 0.6) is 0 Å². The minimum atomic E-state index is -0.919. The third-order valence-corrected chi connectivity index (χ3v) is 2.24. The molecule has 3 N–H and O–H groups in total. The monoisotopic (exact) mass is 214 g/mol. The molecule has 0 aromatic carbocycles. The molecule has 6 heteroatoms. The smallest absolute Gasteiger partial charge is 0.307 e. The Morgan fingerprint density at radius 2 is 1.80 bits per heavy atom. The van der Waals surface area contributed by atoms with E-state index in [1.54, 1.807) is 0 Å². The first kappa shape index (κ1) is 11.5. The fourth-order valence-electron chi connectivity index (χ4n) is 1.31. The lowest BCUT2D eigenvalue weighted by atomic mass is 10.3. The van der Waals surface area contributed by atoms with E-state index >= 15 is 0 Å². The van der Waals surface area contributed by atoms with Crippen molar-refractivity contribution >= 4 is 17.8 Å². The highest BCUT2D eigenvalue weighted by Crippen LogP contribution is 2.38. The molecule has 0 spiro atoms. The van der Waals surface area contributed by atoms with Crippen LogP contribution in [-0.4, -0.2) is 36.0 Å². The maximum atomic E-state index is 11.3. The van der Waals surface area contributed by atoms with Gasteiger partial charge in [-0.05, 0) is 6.42 Å². The molecule has 2 atom stereocenters. The summed E-state index contributed by atoms with van der Waals surface area (Å²) in [4.78, 5) is 32.2. The number of aliphatic carboxylic acids is 1. The quantitative estimate of drug-likeness (QED) is 0.509. The van der Waals surface area contributed by atoms with Crippen LogP contribution in [0.3, 0.4) is 0 Å². The molecule has 1 saturated carbocycles. The van der Waals surface area contributed by atoms with Gasteiger partial charge < -0.3 is 15.7 Å². The Labute approximate surface area is 87.0 Å². The van der Waals surface area contributed by atoms with Crippen LogP contribution in [0.1, 0.15) is 13.3 Å². The van der Waals surface area contributed by atoms with Crippen molar-refractivity contribution in [3.05, 3.63) is 0 Å². The molecule has 0 aliphatic heterocycles. The molecule has 0 aromatic rings. The van der Waals surface area contributed by atoms with E-state index in [4.69, 9.17) is 5.11 Å². The summed E-state index contributed by atoms with van der Waals surface area (Å²) in [5.74, 6) is -2.23. The van der Waals surface area contributed by atoms with E-state index in [1.165, 1.54) is 6.92 Å². The molecule has 1 rings (SSSR count). The van der Waals surface area contributed by atoms with Gasteiger partial charge in [0.1, 0.15) is 0 Å². The average Bonchev–Trinajstić information content (AvgIpc) is 2.90. The zero-order valence-corrected chi connectivity index (χ0v) is 8.45. The number of amides is 2. The number of rotatable bonds is 5. The van der Waals surface area contributed by atoms with Crippen LogP contribution in [0.15, 0.2) is 0 Å². The number of nitrogens with one attached hydrogen (secondary N) is 2. The van der Waals surface area contributed by atoms with Crippen LogP contribution < -0.4 is 10.6 Å². The first-order chi connectivity index (χ1) is 7.02. The van der Waals surface area contributed by atoms with Gasteiger partial charge in [-0.3, -0.25) is 14.4 Å². The highest BCUT2D eigenvalue weighted by atomic mass is 16.4. The van der Waals surface area contributed by atoms with E-state index in [9.17, 15) is 14.4 Å². The Morgan fingerprint density at radius 1 is 1.20 bits per heavy atom. The van der Waals surface area contributed by atoms with Crippen LogP contribution in [0.4, 0.5) is 0 Å². The molecular formula is C9H14N2O4. The number of carbonyl (C=O) groups is 3. The summed E-state index contributed by atoms with van der Waals surface area (Å²) in [5, 5.41) is 13.7. The van der Waals surface area contributed by atoms with Gasteiger partial charge in [-0.1, -0.05) is 0 Å². The molecule has 15 heavy (non-hydrogen) atoms. The van der Waals surface area contributed by atoms with Gasteiger partial charge in [-0.2, -0.15) is 0 Å². The van der Waals surface area contributed by atoms with E-state index in [-0.39, 0.29) is 17.7 Å². The normalized spacial score (nSPS) is 23.0. The van der Waals surface area contributed by atoms with Gasteiger partial charge in [-0.15, -0.1) is 0 Å². The molecule has 2 amide bonds. The first-order valence-corrected chi connectivity index (χ1v) is 4.77. The molecule has 1 aliphatic carbocycles. The van der Waals surface area contributed by atoms with Crippen LogP contribution in [0.2, 0.25) is 0 Å². The number of carboxylic acids is 1. The third kappa shape index (κ3) is 3.57. The highest BCUT2D eigenvalue weighted by molar-refractivity contribution is 5.89. The molecule has 6 nitrogen and oxygen atoms in total. The summed E-state index contributed by atoms with van der Waals surface area (Å²) in [7, 11) is 0. The van der Waals surface area contributed by atoms with Gasteiger partial charge in [0.05, 0.1) is 11.8 Å². The predicted molar refractivity (Wildman–Crippen MR) is 50.9 cm³/mol. The van der Waals surface area contributed by atoms with Crippen molar-refractivity contribution in [3.8, 4) is 0 Å². The number of hydrogen-bond acceptors (Lipinski definition) is 3. The molecular weight excluding hydrogens is 200 g/mol. The molecule has 0 saturated heterocycles. The second kappa shape index (κ2) is 4.77. The van der Waals surface area contributed by atoms with Crippen molar-refractivity contribution < 1.29 is 19.5 Å². The second-order valence-corrected chi connectivity index (χ2v) is 3.56. The third-order valence-electron chi connectivity index (χ3n) is 2.24. The van der Waals surface area contributed by atoms with Crippen molar-refractivity contribution in [2.24, 2.45) is 11.8 Å². The van der Waals surface area contributed by atoms with E-state index < -0.39 is 11.9 Å². The number of carbonyl (C=O) groups excluding carboxylic acids is 2. The largest absolute Gasteiger partial charge is 0.481 e. The Bertz CT molecular complexity index is 290. The lowest BCUT2D eigenvalue weighted by Gasteiger charge is -2.04. The second-order valence-electron chi connectivity index (χ2n) is 3.56. The Balaban J connectivity index is 2.10. The Morgan fingerprint density at radius 3 is 2.27 bits per heavy atom. The summed E-state index contributed by atoms with van der Waals surface area (Å²) in [6.07, 6.45) is 0.418. The summed E-state index contributed by atoms with van der Waals surface area (Å²) in [6.45, 7) is 2.09. The van der Waals surface area contributed by atoms with Gasteiger partial charge in [-0.25, -0.2) is 0 Å². The topological polar surface area (TPSA) is 95.5 Å². The van der Waals surface area contributed by atoms with Gasteiger partial charge in [0, 0.05) is 20.0 Å². The maximum absolute atomic E-state index is 11.3. The summed E-state index contributed by atoms with van der Waals surface area (Å²) in [5.41, 5.74) is 0. The van der Waals surface area contributed by atoms with E-state index in [1.807, 2.05) is 0 Å². The highest BCUT2D eigenvalue weighted by Gasteiger charge is 2.48. The van der Waals surface area contributed by atoms with E-state index in [0.717, 1.165) is 0 Å². The van der Waals surface area contributed by atoms with Crippen molar-refractivity contribution in [2.75, 3.05) is 13.1 Å². The van der Waals surface area contributed by atoms with Gasteiger partial charge in [0.15, 0.2) is 0 Å². The summed E-state index contributed by atoms with van der Waals surface area (Å²) in [6, 6.07) is 0. The molecule has 1 aliphatic rings. The van der Waals surface area contributed by atoms with E-state index in [0.29, 0.717) is 19.5 Å². The van der Waals surface area contributed by atoms with Gasteiger partial charge in [0.2, 0.25) is 11.8 Å². The fraction of sp³-hybridized carbons (Fsp3) is 0.667. The predicted octanol–water partition coefficient (Wildman–Crippen LogP) is -1.04. The van der Waals surface area contributed by atoms with Crippen molar-refractivity contribution in [2.45, 2.75) is 13.3 Å². The lowest BCUT2D eigenvalue weighted by Crippen LogP contribution is -2.34. The fourth-order valence-corrected chi connectivity index (χ4v) is 1.31. The standard InChI is InChI=1S/C9H14N2O4/c1-5(12)10-2-3-11-8(13)6-4-7(6)9(14)15/h6-7H,2-4H2,1H3,(H,10,12)(H,11,13)(H,14,15)/t6-,7+/m1/s1. The molecule has 1 fully saturated rings. The molecule has 84 valence electrons. The number of carboxylic acid groups (broad SMARTS) is 1. The van der Waals surface area contributed by atoms with Crippen LogP contribution in [0, 0.1) is 11.8 Å². The molecule has 0 bridgehead atoms. The van der Waals surface area contributed by atoms with Gasteiger partial charge >= 0.3 is 5.97 Å². The maximum Gasteiger partial charge on any atom is 0.307 e. The van der Waals surface area contributed by atoms with Crippen LogP contribution in [0.25, 0.3) is 0 Å². The Hall–Kier alpha value is -1.59.